The van der Waals surface area contributed by atoms with Crippen LogP contribution in [0.15, 0.2) is 54.7 Å². The van der Waals surface area contributed by atoms with Gasteiger partial charge in [-0.1, -0.05) is 18.2 Å². The second-order valence-corrected chi connectivity index (χ2v) is 4.47. The molecule has 0 aliphatic carbocycles. The maximum atomic E-state index is 5.97. The molecule has 3 rings (SSSR count). The van der Waals surface area contributed by atoms with Crippen LogP contribution >= 0.6 is 0 Å². The van der Waals surface area contributed by atoms with Gasteiger partial charge in [-0.05, 0) is 42.8 Å². The Kier molecular flexibility index (Phi) is 2.80. The van der Waals surface area contributed by atoms with Crippen LogP contribution in [0.4, 0.5) is 5.69 Å². The summed E-state index contributed by atoms with van der Waals surface area (Å²) in [7, 11) is 0. The van der Waals surface area contributed by atoms with Crippen LogP contribution in [-0.4, -0.2) is 4.98 Å². The van der Waals surface area contributed by atoms with Gasteiger partial charge in [0.1, 0.15) is 11.5 Å². The second kappa shape index (κ2) is 4.61. The summed E-state index contributed by atoms with van der Waals surface area (Å²) in [4.78, 5) is 4.31. The lowest BCUT2D eigenvalue weighted by Gasteiger charge is -2.10. The number of rotatable bonds is 2. The number of nitrogens with zero attached hydrogens (tertiary/aromatic N) is 1. The number of para-hydroxylation sites is 1. The molecule has 3 heteroatoms. The Bertz CT molecular complexity index is 732. The van der Waals surface area contributed by atoms with Gasteiger partial charge in [0.25, 0.3) is 0 Å². The van der Waals surface area contributed by atoms with Gasteiger partial charge in [-0.3, -0.25) is 4.98 Å². The highest BCUT2D eigenvalue weighted by Crippen LogP contribution is 2.32. The average molecular weight is 250 g/mol. The molecule has 2 aromatic carbocycles. The lowest BCUT2D eigenvalue weighted by molar-refractivity contribution is 0.490. The third-order valence-electron chi connectivity index (χ3n) is 2.99. The molecule has 1 heterocycles. The standard InChI is InChI=1S/C16H14N2O/c1-11-6-7-16(13(17)10-11)19-15-8-9-18-14-5-3-2-4-12(14)15/h2-10H,17H2,1H3. The Morgan fingerprint density at radius 1 is 1.00 bits per heavy atom. The highest BCUT2D eigenvalue weighted by atomic mass is 16.5. The van der Waals surface area contributed by atoms with E-state index in [1.54, 1.807) is 6.20 Å². The van der Waals surface area contributed by atoms with Gasteiger partial charge in [0.2, 0.25) is 0 Å². The SMILES string of the molecule is Cc1ccc(Oc2ccnc3ccccc23)c(N)c1. The first kappa shape index (κ1) is 11.5. The molecule has 0 bridgehead atoms. The van der Waals surface area contributed by atoms with E-state index in [4.69, 9.17) is 10.5 Å². The number of benzene rings is 2. The maximum Gasteiger partial charge on any atom is 0.150 e. The summed E-state index contributed by atoms with van der Waals surface area (Å²) in [6, 6.07) is 15.5. The van der Waals surface area contributed by atoms with Crippen molar-refractivity contribution in [1.29, 1.82) is 0 Å². The largest absolute Gasteiger partial charge is 0.454 e. The molecule has 0 atom stereocenters. The summed E-state index contributed by atoms with van der Waals surface area (Å²) in [5.74, 6) is 1.43. The van der Waals surface area contributed by atoms with Crippen molar-refractivity contribution in [1.82, 2.24) is 4.98 Å². The van der Waals surface area contributed by atoms with E-state index in [1.807, 2.05) is 55.5 Å². The molecule has 0 unspecified atom stereocenters. The zero-order valence-electron chi connectivity index (χ0n) is 10.6. The predicted molar refractivity (Wildman–Crippen MR) is 77.4 cm³/mol. The van der Waals surface area contributed by atoms with E-state index in [1.165, 1.54) is 0 Å². The number of hydrogen-bond acceptors (Lipinski definition) is 3. The number of nitrogen functional groups attached to an aromatic ring is 1. The summed E-state index contributed by atoms with van der Waals surface area (Å²) in [5.41, 5.74) is 8.64. The van der Waals surface area contributed by atoms with Gasteiger partial charge >= 0.3 is 0 Å². The molecular formula is C16H14N2O. The Hall–Kier alpha value is -2.55. The van der Waals surface area contributed by atoms with Gasteiger partial charge in [0.05, 0.1) is 11.2 Å². The van der Waals surface area contributed by atoms with Crippen LogP contribution in [0, 0.1) is 6.92 Å². The zero-order valence-corrected chi connectivity index (χ0v) is 10.6. The van der Waals surface area contributed by atoms with Crippen molar-refractivity contribution in [3.05, 3.63) is 60.3 Å². The summed E-state index contributed by atoms with van der Waals surface area (Å²) < 4.78 is 5.91. The van der Waals surface area contributed by atoms with Gasteiger partial charge in [-0.25, -0.2) is 0 Å². The number of pyridine rings is 1. The van der Waals surface area contributed by atoms with Crippen LogP contribution in [0.5, 0.6) is 11.5 Å². The third-order valence-corrected chi connectivity index (χ3v) is 2.99. The summed E-state index contributed by atoms with van der Waals surface area (Å²) in [5, 5.41) is 0.977. The van der Waals surface area contributed by atoms with Gasteiger partial charge in [-0.15, -0.1) is 0 Å². The average Bonchev–Trinajstić information content (AvgIpc) is 2.42. The first-order chi connectivity index (χ1) is 9.24. The van der Waals surface area contributed by atoms with Crippen molar-refractivity contribution < 1.29 is 4.74 Å². The van der Waals surface area contributed by atoms with Crippen molar-refractivity contribution in [2.24, 2.45) is 0 Å². The quantitative estimate of drug-likeness (QED) is 0.701. The maximum absolute atomic E-state index is 5.97. The molecule has 0 spiro atoms. The first-order valence-electron chi connectivity index (χ1n) is 6.12. The fraction of sp³-hybridized carbons (Fsp3) is 0.0625. The monoisotopic (exact) mass is 250 g/mol. The summed E-state index contributed by atoms with van der Waals surface area (Å²) in [6.07, 6.45) is 1.74. The van der Waals surface area contributed by atoms with Crippen LogP contribution in [0.3, 0.4) is 0 Å². The molecule has 3 nitrogen and oxygen atoms in total. The highest BCUT2D eigenvalue weighted by Gasteiger charge is 2.06. The molecule has 0 fully saturated rings. The lowest BCUT2D eigenvalue weighted by Crippen LogP contribution is -1.93. The Morgan fingerprint density at radius 3 is 2.68 bits per heavy atom. The Morgan fingerprint density at radius 2 is 1.84 bits per heavy atom. The highest BCUT2D eigenvalue weighted by molar-refractivity contribution is 5.85. The topological polar surface area (TPSA) is 48.1 Å². The van der Waals surface area contributed by atoms with E-state index in [0.717, 1.165) is 22.2 Å². The van der Waals surface area contributed by atoms with Crippen LogP contribution in [-0.2, 0) is 0 Å². The molecule has 0 saturated heterocycles. The van der Waals surface area contributed by atoms with Gasteiger partial charge < -0.3 is 10.5 Å². The molecule has 2 N–H and O–H groups in total. The van der Waals surface area contributed by atoms with E-state index in [2.05, 4.69) is 4.98 Å². The molecule has 0 saturated carbocycles. The van der Waals surface area contributed by atoms with Gasteiger partial charge in [0, 0.05) is 11.6 Å². The van der Waals surface area contributed by atoms with Crippen molar-refractivity contribution >= 4 is 16.6 Å². The zero-order chi connectivity index (χ0) is 13.2. The lowest BCUT2D eigenvalue weighted by atomic mass is 10.2. The Labute approximate surface area is 111 Å². The minimum atomic E-state index is 0.640. The van der Waals surface area contributed by atoms with E-state index >= 15 is 0 Å². The van der Waals surface area contributed by atoms with E-state index < -0.39 is 0 Å². The summed E-state index contributed by atoms with van der Waals surface area (Å²) >= 11 is 0. The molecule has 0 aliphatic heterocycles. The van der Waals surface area contributed by atoms with Gasteiger partial charge in [-0.2, -0.15) is 0 Å². The molecule has 1 aromatic heterocycles. The number of ether oxygens (including phenoxy) is 1. The van der Waals surface area contributed by atoms with Crippen LogP contribution in [0.2, 0.25) is 0 Å². The van der Waals surface area contributed by atoms with Crippen molar-refractivity contribution in [3.63, 3.8) is 0 Å². The van der Waals surface area contributed by atoms with Gasteiger partial charge in [0.15, 0.2) is 0 Å². The molecule has 0 radical (unpaired) electrons. The number of aryl methyl sites for hydroxylation is 1. The van der Waals surface area contributed by atoms with Crippen LogP contribution in [0.1, 0.15) is 5.56 Å². The predicted octanol–water partition coefficient (Wildman–Crippen LogP) is 3.92. The third kappa shape index (κ3) is 2.22. The summed E-state index contributed by atoms with van der Waals surface area (Å²) in [6.45, 7) is 2.00. The molecular weight excluding hydrogens is 236 g/mol. The normalized spacial score (nSPS) is 10.6. The fourth-order valence-electron chi connectivity index (χ4n) is 2.04. The van der Waals surface area contributed by atoms with E-state index in [0.29, 0.717) is 11.4 Å². The molecule has 19 heavy (non-hydrogen) atoms. The van der Waals surface area contributed by atoms with Crippen molar-refractivity contribution in [2.75, 3.05) is 5.73 Å². The molecule has 94 valence electrons. The number of fused-ring (bicyclic) bond motifs is 1. The molecule has 0 aliphatic rings. The van der Waals surface area contributed by atoms with Crippen LogP contribution < -0.4 is 10.5 Å². The molecule has 0 amide bonds. The minimum absolute atomic E-state index is 0.640. The van der Waals surface area contributed by atoms with Crippen molar-refractivity contribution in [3.8, 4) is 11.5 Å². The fourth-order valence-corrected chi connectivity index (χ4v) is 2.04. The Balaban J connectivity index is 2.06. The minimum Gasteiger partial charge on any atom is -0.454 e. The molecule has 3 aromatic rings. The van der Waals surface area contributed by atoms with E-state index in [-0.39, 0.29) is 0 Å². The first-order valence-corrected chi connectivity index (χ1v) is 6.12. The number of nitrogens with two attached hydrogens (primary N) is 1. The second-order valence-electron chi connectivity index (χ2n) is 4.47. The van der Waals surface area contributed by atoms with Crippen molar-refractivity contribution in [2.45, 2.75) is 6.92 Å². The number of anilines is 1. The number of hydrogen-bond donors (Lipinski definition) is 1. The number of aromatic nitrogens is 1. The van der Waals surface area contributed by atoms with Crippen LogP contribution in [0.25, 0.3) is 10.9 Å². The smallest absolute Gasteiger partial charge is 0.150 e. The van der Waals surface area contributed by atoms with E-state index in [9.17, 15) is 0 Å².